The highest BCUT2D eigenvalue weighted by Crippen LogP contribution is 2.70. The average molecular weight is 378 g/mol. The number of ketones is 1. The van der Waals surface area contributed by atoms with Crippen LogP contribution in [0.15, 0.2) is 0 Å². The Morgan fingerprint density at radius 2 is 1.93 bits per heavy atom. The highest BCUT2D eigenvalue weighted by molar-refractivity contribution is 6.06. The lowest BCUT2D eigenvalue weighted by molar-refractivity contribution is -0.247. The summed E-state index contributed by atoms with van der Waals surface area (Å²) in [5, 5.41) is 0. The zero-order chi connectivity index (χ0) is 19.2. The van der Waals surface area contributed by atoms with Gasteiger partial charge in [-0.2, -0.15) is 0 Å². The van der Waals surface area contributed by atoms with Crippen molar-refractivity contribution in [1.29, 1.82) is 0 Å². The Morgan fingerprint density at radius 3 is 2.63 bits per heavy atom. The molecule has 5 rings (SSSR count). The second-order valence-electron chi connectivity index (χ2n) is 9.96. The van der Waals surface area contributed by atoms with E-state index in [4.69, 9.17) is 18.9 Å². The van der Waals surface area contributed by atoms with Crippen LogP contribution in [0, 0.1) is 22.7 Å². The van der Waals surface area contributed by atoms with Crippen LogP contribution in [0.2, 0.25) is 0 Å². The van der Waals surface area contributed by atoms with Gasteiger partial charge < -0.3 is 18.9 Å². The summed E-state index contributed by atoms with van der Waals surface area (Å²) in [7, 11) is 1.67. The van der Waals surface area contributed by atoms with Crippen LogP contribution in [0.5, 0.6) is 0 Å². The molecule has 8 atom stereocenters. The summed E-state index contributed by atoms with van der Waals surface area (Å²) in [6.45, 7) is 6.84. The lowest BCUT2D eigenvalue weighted by Gasteiger charge is -2.61. The highest BCUT2D eigenvalue weighted by Gasteiger charge is 2.76. The van der Waals surface area contributed by atoms with E-state index in [1.54, 1.807) is 7.11 Å². The summed E-state index contributed by atoms with van der Waals surface area (Å²) in [4.78, 5) is 25.6. The van der Waals surface area contributed by atoms with Crippen LogP contribution in [-0.2, 0) is 28.5 Å². The maximum absolute atomic E-state index is 12.8. The molecule has 0 bridgehead atoms. The Hall–Kier alpha value is -0.980. The number of hydrogen-bond acceptors (Lipinski definition) is 6. The van der Waals surface area contributed by atoms with Gasteiger partial charge in [-0.1, -0.05) is 13.8 Å². The van der Waals surface area contributed by atoms with Gasteiger partial charge in [0.1, 0.15) is 17.3 Å². The quantitative estimate of drug-likeness (QED) is 0.516. The molecule has 0 radical (unpaired) electrons. The van der Waals surface area contributed by atoms with E-state index in [0.29, 0.717) is 13.0 Å². The van der Waals surface area contributed by atoms with E-state index in [1.165, 1.54) is 0 Å². The van der Waals surface area contributed by atoms with Crippen molar-refractivity contribution < 1.29 is 28.5 Å². The van der Waals surface area contributed by atoms with Crippen molar-refractivity contribution in [1.82, 2.24) is 0 Å². The van der Waals surface area contributed by atoms with Crippen molar-refractivity contribution in [3.63, 3.8) is 0 Å². The first-order valence-corrected chi connectivity index (χ1v) is 10.3. The summed E-state index contributed by atoms with van der Waals surface area (Å²) < 4.78 is 24.0. The maximum Gasteiger partial charge on any atom is 0.320 e. The molecule has 3 saturated heterocycles. The molecule has 0 unspecified atom stereocenters. The molecule has 0 aromatic carbocycles. The Morgan fingerprint density at radius 1 is 1.15 bits per heavy atom. The van der Waals surface area contributed by atoms with E-state index in [9.17, 15) is 9.59 Å². The topological polar surface area (TPSA) is 71.1 Å². The molecular formula is C21H30O6. The van der Waals surface area contributed by atoms with Crippen molar-refractivity contribution in [3.05, 3.63) is 0 Å². The number of carbonyl (C=O) groups is 2. The van der Waals surface area contributed by atoms with Gasteiger partial charge in [-0.05, 0) is 38.5 Å². The molecular weight excluding hydrogens is 348 g/mol. The molecule has 2 spiro atoms. The Kier molecular flexibility index (Phi) is 3.57. The van der Waals surface area contributed by atoms with Gasteiger partial charge in [0.05, 0.1) is 17.8 Å². The van der Waals surface area contributed by atoms with Crippen LogP contribution >= 0.6 is 0 Å². The van der Waals surface area contributed by atoms with Crippen LogP contribution in [0.4, 0.5) is 0 Å². The van der Waals surface area contributed by atoms with Crippen LogP contribution < -0.4 is 0 Å². The number of fused-ring (bicyclic) bond motifs is 1. The predicted molar refractivity (Wildman–Crippen MR) is 94.8 cm³/mol. The summed E-state index contributed by atoms with van der Waals surface area (Å²) in [6, 6.07) is 0. The third-order valence-electron chi connectivity index (χ3n) is 8.85. The van der Waals surface area contributed by atoms with Gasteiger partial charge in [-0.3, -0.25) is 9.59 Å². The van der Waals surface area contributed by atoms with Gasteiger partial charge in [0.25, 0.3) is 0 Å². The van der Waals surface area contributed by atoms with Crippen LogP contribution in [-0.4, -0.2) is 49.1 Å². The smallest absolute Gasteiger partial charge is 0.320 e. The zero-order valence-electron chi connectivity index (χ0n) is 16.7. The zero-order valence-corrected chi connectivity index (χ0v) is 16.7. The van der Waals surface area contributed by atoms with Crippen molar-refractivity contribution in [2.45, 2.75) is 82.9 Å². The normalized spacial score (nSPS) is 56.7. The third-order valence-corrected chi connectivity index (χ3v) is 8.85. The fourth-order valence-corrected chi connectivity index (χ4v) is 7.42. The Bertz CT molecular complexity index is 707. The molecule has 2 saturated carbocycles. The Labute approximate surface area is 160 Å². The number of ether oxygens (including phenoxy) is 4. The van der Waals surface area contributed by atoms with Crippen molar-refractivity contribution in [2.75, 3.05) is 13.7 Å². The number of rotatable bonds is 1. The highest BCUT2D eigenvalue weighted by atomic mass is 16.7. The van der Waals surface area contributed by atoms with E-state index in [0.717, 1.165) is 32.1 Å². The molecule has 0 amide bonds. The number of Topliss-reactive ketones (excluding diaryl/α,β-unsaturated/α-hetero) is 1. The first-order valence-electron chi connectivity index (χ1n) is 10.3. The standard InChI is InChI=1S/C21H30O6/c1-12-9-13-16-18(2,6-5-14(22)19(16,3)17(23)26-13)21(12)8-7-20(27-21)10-15(24-4)25-11-20/h12-13,15-16H,5-11H2,1-4H3/t12-,13-,15-,16-,18+,19+,20+,21-/m1/s1. The molecule has 5 aliphatic rings. The van der Waals surface area contributed by atoms with E-state index in [2.05, 4.69) is 13.8 Å². The molecule has 150 valence electrons. The fraction of sp³-hybridized carbons (Fsp3) is 0.905. The maximum atomic E-state index is 12.8. The van der Waals surface area contributed by atoms with Crippen LogP contribution in [0.1, 0.15) is 59.3 Å². The third kappa shape index (κ3) is 1.97. The van der Waals surface area contributed by atoms with Gasteiger partial charge >= 0.3 is 5.97 Å². The van der Waals surface area contributed by atoms with E-state index >= 15 is 0 Å². The molecule has 6 nitrogen and oxygen atoms in total. The molecule has 0 aromatic heterocycles. The lowest BCUT2D eigenvalue weighted by atomic mass is 9.44. The molecule has 0 N–H and O–H groups in total. The molecule has 2 aliphatic carbocycles. The summed E-state index contributed by atoms with van der Waals surface area (Å²) in [5.74, 6) is -0.133. The summed E-state index contributed by atoms with van der Waals surface area (Å²) in [5.41, 5.74) is -1.95. The molecule has 5 fully saturated rings. The van der Waals surface area contributed by atoms with Gasteiger partial charge in [0.15, 0.2) is 6.29 Å². The molecule has 0 aromatic rings. The van der Waals surface area contributed by atoms with Gasteiger partial charge in [0.2, 0.25) is 0 Å². The average Bonchev–Trinajstić information content (AvgIpc) is 3.29. The number of esters is 1. The molecule has 6 heteroatoms. The number of methoxy groups -OCH3 is 1. The first kappa shape index (κ1) is 18.1. The number of carbonyl (C=O) groups excluding carboxylic acids is 2. The number of hydrogen-bond donors (Lipinski definition) is 0. The Balaban J connectivity index is 1.57. The predicted octanol–water partition coefficient (Wildman–Crippen LogP) is 2.62. The minimum absolute atomic E-state index is 0.0403. The van der Waals surface area contributed by atoms with Crippen LogP contribution in [0.3, 0.4) is 0 Å². The van der Waals surface area contributed by atoms with E-state index < -0.39 is 5.41 Å². The molecule has 3 heterocycles. The SMILES string of the molecule is CO[C@H]1C[C@@]2(CC[C@@]3(O2)[C@H](C)C[C@H]2OC(=O)[C@@]4(C)C(=O)CC[C@@]3(C)[C@@H]24)CO1. The summed E-state index contributed by atoms with van der Waals surface area (Å²) in [6.07, 6.45) is 4.17. The van der Waals surface area contributed by atoms with E-state index in [-0.39, 0.29) is 52.6 Å². The van der Waals surface area contributed by atoms with Gasteiger partial charge in [-0.25, -0.2) is 0 Å². The second-order valence-corrected chi connectivity index (χ2v) is 9.96. The van der Waals surface area contributed by atoms with Crippen molar-refractivity contribution in [3.8, 4) is 0 Å². The van der Waals surface area contributed by atoms with Crippen LogP contribution in [0.25, 0.3) is 0 Å². The van der Waals surface area contributed by atoms with Crippen molar-refractivity contribution >= 4 is 11.8 Å². The molecule has 3 aliphatic heterocycles. The first-order chi connectivity index (χ1) is 12.7. The monoisotopic (exact) mass is 378 g/mol. The van der Waals surface area contributed by atoms with Crippen molar-refractivity contribution in [2.24, 2.45) is 22.7 Å². The van der Waals surface area contributed by atoms with E-state index in [1.807, 2.05) is 6.92 Å². The molecule has 27 heavy (non-hydrogen) atoms. The van der Waals surface area contributed by atoms with Gasteiger partial charge in [0, 0.05) is 31.3 Å². The minimum atomic E-state index is -1.02. The summed E-state index contributed by atoms with van der Waals surface area (Å²) >= 11 is 0. The second kappa shape index (κ2) is 5.33. The fourth-order valence-electron chi connectivity index (χ4n) is 7.42. The lowest BCUT2D eigenvalue weighted by Crippen LogP contribution is -2.67. The largest absolute Gasteiger partial charge is 0.461 e. The van der Waals surface area contributed by atoms with Gasteiger partial charge in [-0.15, -0.1) is 0 Å². The minimum Gasteiger partial charge on any atom is -0.461 e.